The summed E-state index contributed by atoms with van der Waals surface area (Å²) in [6.07, 6.45) is 5.94. The molecule has 0 saturated carbocycles. The van der Waals surface area contributed by atoms with Crippen molar-refractivity contribution in [2.24, 2.45) is 0 Å². The van der Waals surface area contributed by atoms with Gasteiger partial charge in [-0.25, -0.2) is 0 Å². The van der Waals surface area contributed by atoms with Gasteiger partial charge in [-0.05, 0) is 45.8 Å². The van der Waals surface area contributed by atoms with Gasteiger partial charge in [0.1, 0.15) is 12.2 Å². The fourth-order valence-electron chi connectivity index (χ4n) is 3.27. The van der Waals surface area contributed by atoms with Crippen molar-refractivity contribution < 1.29 is 0 Å². The van der Waals surface area contributed by atoms with E-state index in [1.54, 1.807) is 0 Å². The average Bonchev–Trinajstić information content (AvgIpc) is 2.92. The maximum absolute atomic E-state index is 4.04. The van der Waals surface area contributed by atoms with Crippen LogP contribution in [0.1, 0.15) is 25.1 Å². The first-order valence-corrected chi connectivity index (χ1v) is 7.14. The molecule has 0 aromatic carbocycles. The first-order chi connectivity index (χ1) is 8.83. The van der Waals surface area contributed by atoms with Gasteiger partial charge in [-0.1, -0.05) is 0 Å². The molecule has 5 nitrogen and oxygen atoms in total. The minimum Gasteiger partial charge on any atom is -0.317 e. The Kier molecular flexibility index (Phi) is 3.61. The quantitative estimate of drug-likeness (QED) is 0.792. The van der Waals surface area contributed by atoms with Crippen molar-refractivity contribution in [3.63, 3.8) is 0 Å². The molecule has 0 bridgehead atoms. The smallest absolute Gasteiger partial charge is 0.129 e. The van der Waals surface area contributed by atoms with E-state index in [1.807, 2.05) is 13.3 Å². The van der Waals surface area contributed by atoms with Crippen LogP contribution in [0, 0.1) is 6.92 Å². The molecule has 1 atom stereocenters. The zero-order valence-electron chi connectivity index (χ0n) is 11.3. The first kappa shape index (κ1) is 12.1. The Bertz CT molecular complexity index is 388. The minimum atomic E-state index is 0.814. The summed E-state index contributed by atoms with van der Waals surface area (Å²) >= 11 is 0. The number of aryl methyl sites for hydroxylation is 1. The lowest BCUT2D eigenvalue weighted by atomic mass is 10.2. The lowest BCUT2D eigenvalue weighted by molar-refractivity contribution is 0.215. The summed E-state index contributed by atoms with van der Waals surface area (Å²) in [4.78, 5) is 5.31. The summed E-state index contributed by atoms with van der Waals surface area (Å²) < 4.78 is 2.15. The summed E-state index contributed by atoms with van der Waals surface area (Å²) in [5, 5.41) is 7.98. The maximum Gasteiger partial charge on any atom is 0.129 e. The standard InChI is InChI=1S/C13H23N5/c1-12-15-14-11-18(12)9-8-16-5-3-7-17-6-2-4-13(17)10-16/h11,13H,2-10H2,1H3/t13-/m0/s1. The van der Waals surface area contributed by atoms with Crippen LogP contribution in [0.5, 0.6) is 0 Å². The van der Waals surface area contributed by atoms with Crippen LogP contribution in [-0.4, -0.2) is 63.3 Å². The second-order valence-electron chi connectivity index (χ2n) is 5.56. The molecular weight excluding hydrogens is 226 g/mol. The molecule has 2 fully saturated rings. The third-order valence-corrected chi connectivity index (χ3v) is 4.35. The largest absolute Gasteiger partial charge is 0.317 e. The summed E-state index contributed by atoms with van der Waals surface area (Å²) in [6, 6.07) is 0.814. The highest BCUT2D eigenvalue weighted by atomic mass is 15.3. The molecule has 1 aromatic heterocycles. The fourth-order valence-corrected chi connectivity index (χ4v) is 3.27. The molecule has 0 aliphatic carbocycles. The van der Waals surface area contributed by atoms with E-state index in [4.69, 9.17) is 0 Å². The maximum atomic E-state index is 4.04. The van der Waals surface area contributed by atoms with Gasteiger partial charge >= 0.3 is 0 Å². The zero-order chi connectivity index (χ0) is 12.4. The van der Waals surface area contributed by atoms with E-state index >= 15 is 0 Å². The van der Waals surface area contributed by atoms with Crippen LogP contribution in [-0.2, 0) is 6.54 Å². The predicted molar refractivity (Wildman–Crippen MR) is 70.4 cm³/mol. The zero-order valence-corrected chi connectivity index (χ0v) is 11.3. The van der Waals surface area contributed by atoms with Gasteiger partial charge in [0.05, 0.1) is 0 Å². The highest BCUT2D eigenvalue weighted by molar-refractivity contribution is 4.86. The third kappa shape index (κ3) is 2.57. The van der Waals surface area contributed by atoms with Crippen molar-refractivity contribution in [1.29, 1.82) is 0 Å². The molecule has 2 saturated heterocycles. The number of hydrogen-bond acceptors (Lipinski definition) is 4. The molecule has 0 amide bonds. The first-order valence-electron chi connectivity index (χ1n) is 7.14. The number of hydrogen-bond donors (Lipinski definition) is 0. The number of rotatable bonds is 3. The predicted octanol–water partition coefficient (Wildman–Crippen LogP) is 0.757. The van der Waals surface area contributed by atoms with E-state index < -0.39 is 0 Å². The normalized spacial score (nSPS) is 26.2. The molecule has 1 aromatic rings. The van der Waals surface area contributed by atoms with Crippen LogP contribution in [0.25, 0.3) is 0 Å². The van der Waals surface area contributed by atoms with Crippen molar-refractivity contribution in [3.8, 4) is 0 Å². The molecule has 2 aliphatic rings. The van der Waals surface area contributed by atoms with E-state index in [2.05, 4.69) is 24.6 Å². The number of aromatic nitrogens is 3. The van der Waals surface area contributed by atoms with E-state index in [0.717, 1.165) is 25.0 Å². The highest BCUT2D eigenvalue weighted by Gasteiger charge is 2.28. The van der Waals surface area contributed by atoms with Crippen molar-refractivity contribution in [3.05, 3.63) is 12.2 Å². The second-order valence-corrected chi connectivity index (χ2v) is 5.56. The molecule has 18 heavy (non-hydrogen) atoms. The van der Waals surface area contributed by atoms with Gasteiger partial charge in [0, 0.05) is 25.7 Å². The lowest BCUT2D eigenvalue weighted by Crippen LogP contribution is -2.37. The second kappa shape index (κ2) is 5.36. The Morgan fingerprint density at radius 3 is 2.94 bits per heavy atom. The molecule has 100 valence electrons. The Balaban J connectivity index is 1.54. The van der Waals surface area contributed by atoms with Gasteiger partial charge in [0.15, 0.2) is 0 Å². The lowest BCUT2D eigenvalue weighted by Gasteiger charge is -2.25. The summed E-state index contributed by atoms with van der Waals surface area (Å²) in [5.74, 6) is 1.02. The Morgan fingerprint density at radius 1 is 1.22 bits per heavy atom. The van der Waals surface area contributed by atoms with Crippen molar-refractivity contribution in [1.82, 2.24) is 24.6 Å². The van der Waals surface area contributed by atoms with Gasteiger partial charge in [0.25, 0.3) is 0 Å². The molecule has 0 radical (unpaired) electrons. The van der Waals surface area contributed by atoms with Gasteiger partial charge < -0.3 is 4.57 Å². The van der Waals surface area contributed by atoms with E-state index in [9.17, 15) is 0 Å². The highest BCUT2D eigenvalue weighted by Crippen LogP contribution is 2.21. The van der Waals surface area contributed by atoms with Crippen molar-refractivity contribution >= 4 is 0 Å². The van der Waals surface area contributed by atoms with Gasteiger partial charge in [0.2, 0.25) is 0 Å². The molecular formula is C13H23N5. The molecule has 5 heteroatoms. The Labute approximate surface area is 109 Å². The molecule has 3 heterocycles. The summed E-state index contributed by atoms with van der Waals surface area (Å²) in [6.45, 7) is 9.29. The molecule has 3 rings (SSSR count). The van der Waals surface area contributed by atoms with Crippen LogP contribution < -0.4 is 0 Å². The summed E-state index contributed by atoms with van der Waals surface area (Å²) in [7, 11) is 0. The van der Waals surface area contributed by atoms with Crippen LogP contribution in [0.2, 0.25) is 0 Å². The third-order valence-electron chi connectivity index (χ3n) is 4.35. The van der Waals surface area contributed by atoms with Crippen LogP contribution in [0.3, 0.4) is 0 Å². The van der Waals surface area contributed by atoms with E-state index in [1.165, 1.54) is 45.4 Å². The molecule has 0 spiro atoms. The minimum absolute atomic E-state index is 0.814. The van der Waals surface area contributed by atoms with Crippen LogP contribution >= 0.6 is 0 Å². The molecule has 0 N–H and O–H groups in total. The van der Waals surface area contributed by atoms with Gasteiger partial charge in [-0.3, -0.25) is 9.80 Å². The van der Waals surface area contributed by atoms with E-state index in [0.29, 0.717) is 0 Å². The Hall–Kier alpha value is -0.940. The molecule has 0 unspecified atom stereocenters. The summed E-state index contributed by atoms with van der Waals surface area (Å²) in [5.41, 5.74) is 0. The average molecular weight is 249 g/mol. The van der Waals surface area contributed by atoms with Crippen molar-refractivity contribution in [2.45, 2.75) is 38.8 Å². The fraction of sp³-hybridized carbons (Fsp3) is 0.846. The topological polar surface area (TPSA) is 37.2 Å². The SMILES string of the molecule is Cc1nncn1CCN1CCCN2CCC[C@H]2C1. The number of fused-ring (bicyclic) bond motifs is 1. The number of nitrogens with zero attached hydrogens (tertiary/aromatic N) is 5. The van der Waals surface area contributed by atoms with Crippen molar-refractivity contribution in [2.75, 3.05) is 32.7 Å². The van der Waals surface area contributed by atoms with Crippen LogP contribution in [0.4, 0.5) is 0 Å². The van der Waals surface area contributed by atoms with Crippen LogP contribution in [0.15, 0.2) is 6.33 Å². The monoisotopic (exact) mass is 249 g/mol. The van der Waals surface area contributed by atoms with E-state index in [-0.39, 0.29) is 0 Å². The molecule has 2 aliphatic heterocycles. The van der Waals surface area contributed by atoms with Gasteiger partial charge in [-0.15, -0.1) is 10.2 Å². The van der Waals surface area contributed by atoms with Gasteiger partial charge in [-0.2, -0.15) is 0 Å². The Morgan fingerprint density at radius 2 is 2.11 bits per heavy atom.